The number of hydrogen-bond acceptors (Lipinski definition) is 8. The molecule has 10 nitrogen and oxygen atoms in total. The van der Waals surface area contributed by atoms with Crippen molar-refractivity contribution in [2.45, 2.75) is 13.5 Å². The number of nitrogens with one attached hydrogen (secondary N) is 1. The Morgan fingerprint density at radius 1 is 1.13 bits per heavy atom. The van der Waals surface area contributed by atoms with Gasteiger partial charge in [0.15, 0.2) is 11.5 Å². The van der Waals surface area contributed by atoms with E-state index in [0.717, 1.165) is 0 Å². The summed E-state index contributed by atoms with van der Waals surface area (Å²) in [6, 6.07) is 17.3. The molecule has 0 aliphatic rings. The van der Waals surface area contributed by atoms with Crippen LogP contribution in [-0.4, -0.2) is 30.5 Å². The summed E-state index contributed by atoms with van der Waals surface area (Å²) in [5, 5.41) is 23.2. The van der Waals surface area contributed by atoms with Gasteiger partial charge in [0.1, 0.15) is 18.2 Å². The van der Waals surface area contributed by atoms with E-state index in [4.69, 9.17) is 9.47 Å². The molecule has 38 heavy (non-hydrogen) atoms. The second-order valence-corrected chi connectivity index (χ2v) is 8.53. The normalized spacial score (nSPS) is 10.7. The lowest BCUT2D eigenvalue weighted by molar-refractivity contribution is -0.384. The molecule has 3 rings (SSSR count). The molecule has 1 amide bonds. The van der Waals surface area contributed by atoms with Gasteiger partial charge in [-0.05, 0) is 76.5 Å². The van der Waals surface area contributed by atoms with Crippen molar-refractivity contribution in [3.05, 3.63) is 97.5 Å². The fraction of sp³-hybridized carbons (Fsp3) is 0.148. The van der Waals surface area contributed by atoms with Gasteiger partial charge in [-0.2, -0.15) is 5.26 Å². The van der Waals surface area contributed by atoms with Crippen molar-refractivity contribution >= 4 is 45.3 Å². The smallest absolute Gasteiger partial charge is 0.337 e. The van der Waals surface area contributed by atoms with Crippen LogP contribution in [0.4, 0.5) is 11.4 Å². The molecule has 0 radical (unpaired) electrons. The number of ether oxygens (including phenoxy) is 3. The summed E-state index contributed by atoms with van der Waals surface area (Å²) in [6.07, 6.45) is 1.40. The highest BCUT2D eigenvalue weighted by Crippen LogP contribution is 2.38. The number of carbonyl (C=O) groups is 2. The van der Waals surface area contributed by atoms with Gasteiger partial charge in [0, 0.05) is 17.8 Å². The first kappa shape index (κ1) is 27.9. The Labute approximate surface area is 226 Å². The summed E-state index contributed by atoms with van der Waals surface area (Å²) in [5.74, 6) is -0.425. The Balaban J connectivity index is 1.81. The number of hydrogen-bond donors (Lipinski definition) is 1. The highest BCUT2D eigenvalue weighted by Gasteiger charge is 2.16. The summed E-state index contributed by atoms with van der Waals surface area (Å²) in [5.41, 5.74) is 1.60. The number of halogens is 1. The number of esters is 1. The van der Waals surface area contributed by atoms with Gasteiger partial charge < -0.3 is 19.5 Å². The second-order valence-electron chi connectivity index (χ2n) is 7.67. The Morgan fingerprint density at radius 2 is 1.87 bits per heavy atom. The van der Waals surface area contributed by atoms with Crippen LogP contribution in [0.25, 0.3) is 6.08 Å². The first-order valence-electron chi connectivity index (χ1n) is 11.2. The van der Waals surface area contributed by atoms with Crippen molar-refractivity contribution < 1.29 is 28.7 Å². The number of nitriles is 1. The molecular weight excluding hydrogens is 558 g/mol. The largest absolute Gasteiger partial charge is 0.490 e. The first-order chi connectivity index (χ1) is 18.2. The van der Waals surface area contributed by atoms with Gasteiger partial charge in [0.05, 0.1) is 28.7 Å². The van der Waals surface area contributed by atoms with Crippen molar-refractivity contribution in [3.63, 3.8) is 0 Å². The monoisotopic (exact) mass is 579 g/mol. The third-order valence-corrected chi connectivity index (χ3v) is 5.67. The number of anilines is 1. The SMILES string of the molecule is CCOc1cc(/C=C(\C#N)C(=O)Nc2ccc(C(=O)OC)cc2)cc(Br)c1OCc1cccc([N+](=O)[O-])c1. The molecule has 0 heterocycles. The van der Waals surface area contributed by atoms with E-state index < -0.39 is 16.8 Å². The van der Waals surface area contributed by atoms with Gasteiger partial charge in [-0.15, -0.1) is 0 Å². The number of nitrogens with zero attached hydrogens (tertiary/aromatic N) is 2. The van der Waals surface area contributed by atoms with Gasteiger partial charge in [-0.25, -0.2) is 4.79 Å². The van der Waals surface area contributed by atoms with Crippen molar-refractivity contribution in [1.29, 1.82) is 5.26 Å². The van der Waals surface area contributed by atoms with Crippen LogP contribution in [0, 0.1) is 21.4 Å². The summed E-state index contributed by atoms with van der Waals surface area (Å²) in [4.78, 5) is 34.8. The van der Waals surface area contributed by atoms with Crippen LogP contribution in [-0.2, 0) is 16.1 Å². The van der Waals surface area contributed by atoms with E-state index in [-0.39, 0.29) is 17.9 Å². The third kappa shape index (κ3) is 7.18. The Kier molecular flexibility index (Phi) is 9.56. The van der Waals surface area contributed by atoms with E-state index in [1.54, 1.807) is 31.2 Å². The van der Waals surface area contributed by atoms with E-state index in [2.05, 4.69) is 26.0 Å². The number of nitro benzene ring substituents is 1. The highest BCUT2D eigenvalue weighted by molar-refractivity contribution is 9.10. The lowest BCUT2D eigenvalue weighted by Crippen LogP contribution is -2.13. The van der Waals surface area contributed by atoms with Gasteiger partial charge in [0.2, 0.25) is 0 Å². The van der Waals surface area contributed by atoms with Gasteiger partial charge in [0.25, 0.3) is 11.6 Å². The predicted octanol–water partition coefficient (Wildman–Crippen LogP) is 5.67. The number of nitro groups is 1. The van der Waals surface area contributed by atoms with E-state index in [9.17, 15) is 25.0 Å². The number of carbonyl (C=O) groups excluding carboxylic acids is 2. The Hall–Kier alpha value is -4.69. The molecule has 0 atom stereocenters. The van der Waals surface area contributed by atoms with Crippen LogP contribution in [0.3, 0.4) is 0 Å². The zero-order valence-electron chi connectivity index (χ0n) is 20.4. The third-order valence-electron chi connectivity index (χ3n) is 5.08. The lowest BCUT2D eigenvalue weighted by Gasteiger charge is -2.15. The maximum absolute atomic E-state index is 12.7. The minimum atomic E-state index is -0.640. The molecule has 0 fully saturated rings. The van der Waals surface area contributed by atoms with Crippen molar-refractivity contribution in [2.24, 2.45) is 0 Å². The summed E-state index contributed by atoms with van der Waals surface area (Å²) in [6.45, 7) is 2.16. The lowest BCUT2D eigenvalue weighted by atomic mass is 10.1. The molecule has 1 N–H and O–H groups in total. The van der Waals surface area contributed by atoms with Crippen LogP contribution < -0.4 is 14.8 Å². The fourth-order valence-corrected chi connectivity index (χ4v) is 3.88. The van der Waals surface area contributed by atoms with Crippen LogP contribution >= 0.6 is 15.9 Å². The predicted molar refractivity (Wildman–Crippen MR) is 143 cm³/mol. The maximum Gasteiger partial charge on any atom is 0.337 e. The van der Waals surface area contributed by atoms with Gasteiger partial charge in [-0.1, -0.05) is 12.1 Å². The molecular formula is C27H22BrN3O7. The fourth-order valence-electron chi connectivity index (χ4n) is 3.31. The molecule has 0 bridgehead atoms. The number of non-ortho nitro benzene ring substituents is 1. The molecule has 0 spiro atoms. The Bertz CT molecular complexity index is 1430. The second kappa shape index (κ2) is 13.0. The quantitative estimate of drug-likeness (QED) is 0.106. The first-order valence-corrected chi connectivity index (χ1v) is 12.0. The van der Waals surface area contributed by atoms with Gasteiger partial charge >= 0.3 is 5.97 Å². The van der Waals surface area contributed by atoms with Crippen LogP contribution in [0.5, 0.6) is 11.5 Å². The minimum absolute atomic E-state index is 0.0441. The Morgan fingerprint density at radius 3 is 2.50 bits per heavy atom. The van der Waals surface area contributed by atoms with Crippen molar-refractivity contribution in [3.8, 4) is 17.6 Å². The summed E-state index contributed by atoms with van der Waals surface area (Å²) in [7, 11) is 1.27. The molecule has 0 aromatic heterocycles. The average Bonchev–Trinajstić information content (AvgIpc) is 2.91. The van der Waals surface area contributed by atoms with Crippen LogP contribution in [0.1, 0.15) is 28.4 Å². The number of methoxy groups -OCH3 is 1. The van der Waals surface area contributed by atoms with Crippen LogP contribution in [0.2, 0.25) is 0 Å². The standard InChI is InChI=1S/C27H22BrN3O7/c1-3-37-24-14-18(13-23(28)25(24)38-16-17-5-4-6-22(12-17)31(34)35)11-20(15-29)26(32)30-21-9-7-19(8-10-21)27(33)36-2/h4-14H,3,16H2,1-2H3,(H,30,32)/b20-11+. The number of amides is 1. The zero-order chi connectivity index (χ0) is 27.7. The minimum Gasteiger partial charge on any atom is -0.490 e. The maximum atomic E-state index is 12.7. The van der Waals surface area contributed by atoms with Crippen LogP contribution in [0.15, 0.2) is 70.7 Å². The molecule has 194 valence electrons. The van der Waals surface area contributed by atoms with E-state index in [0.29, 0.717) is 45.0 Å². The van der Waals surface area contributed by atoms with E-state index >= 15 is 0 Å². The molecule has 3 aromatic rings. The van der Waals surface area contributed by atoms with Gasteiger partial charge in [-0.3, -0.25) is 14.9 Å². The summed E-state index contributed by atoms with van der Waals surface area (Å²) < 4.78 is 16.7. The molecule has 0 saturated heterocycles. The zero-order valence-corrected chi connectivity index (χ0v) is 22.0. The average molecular weight is 580 g/mol. The molecule has 0 aliphatic carbocycles. The van der Waals surface area contributed by atoms with E-state index in [1.165, 1.54) is 49.6 Å². The van der Waals surface area contributed by atoms with E-state index in [1.807, 2.05) is 6.07 Å². The van der Waals surface area contributed by atoms with Crippen molar-refractivity contribution in [2.75, 3.05) is 19.0 Å². The molecule has 11 heteroatoms. The summed E-state index contributed by atoms with van der Waals surface area (Å²) >= 11 is 3.44. The molecule has 0 saturated carbocycles. The molecule has 0 aliphatic heterocycles. The highest BCUT2D eigenvalue weighted by atomic mass is 79.9. The topological polar surface area (TPSA) is 141 Å². The number of rotatable bonds is 10. The van der Waals surface area contributed by atoms with Crippen molar-refractivity contribution in [1.82, 2.24) is 0 Å². The molecule has 3 aromatic carbocycles. The molecule has 0 unspecified atom stereocenters. The number of benzene rings is 3.